The number of nitrogens with one attached hydrogen (secondary N) is 1. The standard InChI is InChI=1S/C16H14N2O3S/c17-10-12-5-7-15(8-6-12)22(19,20)18-11-14-9-13-3-1-2-4-16(13)21-14/h1-8,14,18H,9,11H2/t14-/m0/s1. The number of benzene rings is 2. The SMILES string of the molecule is N#Cc1ccc(S(=O)(=O)NC[C@@H]2Cc3ccccc3O2)cc1. The van der Waals surface area contributed by atoms with E-state index in [9.17, 15) is 8.42 Å². The number of ether oxygens (including phenoxy) is 1. The van der Waals surface area contributed by atoms with Crippen molar-refractivity contribution in [3.63, 3.8) is 0 Å². The molecule has 0 radical (unpaired) electrons. The summed E-state index contributed by atoms with van der Waals surface area (Å²) in [5.41, 5.74) is 1.51. The molecular weight excluding hydrogens is 300 g/mol. The van der Waals surface area contributed by atoms with E-state index >= 15 is 0 Å². The van der Waals surface area contributed by atoms with Gasteiger partial charge in [-0.3, -0.25) is 0 Å². The predicted molar refractivity (Wildman–Crippen MR) is 80.9 cm³/mol. The molecule has 1 atom stereocenters. The van der Waals surface area contributed by atoms with Crippen LogP contribution in [0.25, 0.3) is 0 Å². The molecule has 0 aliphatic carbocycles. The second kappa shape index (κ2) is 5.79. The molecule has 0 spiro atoms. The van der Waals surface area contributed by atoms with Gasteiger partial charge in [-0.15, -0.1) is 0 Å². The molecule has 0 bridgehead atoms. The highest BCUT2D eigenvalue weighted by atomic mass is 32.2. The molecule has 2 aromatic rings. The van der Waals surface area contributed by atoms with Crippen LogP contribution in [0.1, 0.15) is 11.1 Å². The van der Waals surface area contributed by atoms with E-state index in [1.807, 2.05) is 30.3 Å². The van der Waals surface area contributed by atoms with Crippen molar-refractivity contribution in [2.45, 2.75) is 17.4 Å². The van der Waals surface area contributed by atoms with Crippen molar-refractivity contribution in [1.29, 1.82) is 5.26 Å². The topological polar surface area (TPSA) is 79.2 Å². The molecule has 1 aliphatic heterocycles. The molecule has 0 fully saturated rings. The highest BCUT2D eigenvalue weighted by Gasteiger charge is 2.24. The van der Waals surface area contributed by atoms with Crippen LogP contribution >= 0.6 is 0 Å². The highest BCUT2D eigenvalue weighted by Crippen LogP contribution is 2.27. The van der Waals surface area contributed by atoms with Crippen LogP contribution < -0.4 is 9.46 Å². The zero-order chi connectivity index (χ0) is 15.6. The monoisotopic (exact) mass is 314 g/mol. The van der Waals surface area contributed by atoms with E-state index in [2.05, 4.69) is 4.72 Å². The van der Waals surface area contributed by atoms with Gasteiger partial charge in [0.25, 0.3) is 0 Å². The predicted octanol–water partition coefficient (Wildman–Crippen LogP) is 1.84. The summed E-state index contributed by atoms with van der Waals surface area (Å²) >= 11 is 0. The number of rotatable bonds is 4. The minimum atomic E-state index is -3.60. The quantitative estimate of drug-likeness (QED) is 0.934. The van der Waals surface area contributed by atoms with Crippen molar-refractivity contribution in [3.05, 3.63) is 59.7 Å². The lowest BCUT2D eigenvalue weighted by Gasteiger charge is -2.12. The molecule has 5 nitrogen and oxygen atoms in total. The third-order valence-corrected chi connectivity index (χ3v) is 4.95. The Morgan fingerprint density at radius 1 is 1.18 bits per heavy atom. The Bertz CT molecular complexity index is 798. The van der Waals surface area contributed by atoms with Gasteiger partial charge in [0, 0.05) is 13.0 Å². The Kier molecular flexibility index (Phi) is 3.84. The first-order chi connectivity index (χ1) is 10.6. The molecule has 6 heteroatoms. The van der Waals surface area contributed by atoms with Gasteiger partial charge in [0.2, 0.25) is 10.0 Å². The molecule has 0 saturated carbocycles. The molecule has 112 valence electrons. The van der Waals surface area contributed by atoms with Crippen molar-refractivity contribution in [1.82, 2.24) is 4.72 Å². The van der Waals surface area contributed by atoms with E-state index in [0.717, 1.165) is 11.3 Å². The first-order valence-electron chi connectivity index (χ1n) is 6.83. The molecule has 1 heterocycles. The zero-order valence-electron chi connectivity index (χ0n) is 11.7. The number of para-hydroxylation sites is 1. The fourth-order valence-corrected chi connectivity index (χ4v) is 3.43. The molecule has 0 unspecified atom stereocenters. The second-order valence-electron chi connectivity index (χ2n) is 5.04. The summed E-state index contributed by atoms with van der Waals surface area (Å²) in [4.78, 5) is 0.141. The summed E-state index contributed by atoms with van der Waals surface area (Å²) in [5, 5.41) is 8.73. The normalized spacial score (nSPS) is 16.6. The van der Waals surface area contributed by atoms with Gasteiger partial charge in [0.1, 0.15) is 11.9 Å². The number of hydrogen-bond acceptors (Lipinski definition) is 4. The Labute approximate surface area is 129 Å². The lowest BCUT2D eigenvalue weighted by Crippen LogP contribution is -2.34. The van der Waals surface area contributed by atoms with E-state index in [-0.39, 0.29) is 17.5 Å². The Balaban J connectivity index is 1.65. The molecule has 0 amide bonds. The van der Waals surface area contributed by atoms with Gasteiger partial charge in [-0.05, 0) is 35.9 Å². The summed E-state index contributed by atoms with van der Waals surface area (Å²) in [5.74, 6) is 0.810. The average Bonchev–Trinajstić information content (AvgIpc) is 2.96. The zero-order valence-corrected chi connectivity index (χ0v) is 12.5. The van der Waals surface area contributed by atoms with Crippen molar-refractivity contribution >= 4 is 10.0 Å². The average molecular weight is 314 g/mol. The van der Waals surface area contributed by atoms with Gasteiger partial charge < -0.3 is 4.74 Å². The van der Waals surface area contributed by atoms with Crippen molar-refractivity contribution < 1.29 is 13.2 Å². The lowest BCUT2D eigenvalue weighted by atomic mass is 10.1. The number of nitriles is 1. The Morgan fingerprint density at radius 3 is 2.59 bits per heavy atom. The third-order valence-electron chi connectivity index (χ3n) is 3.51. The van der Waals surface area contributed by atoms with E-state index in [0.29, 0.717) is 12.0 Å². The van der Waals surface area contributed by atoms with Crippen LogP contribution in [0.2, 0.25) is 0 Å². The number of nitrogens with zero attached hydrogens (tertiary/aromatic N) is 1. The van der Waals surface area contributed by atoms with E-state index < -0.39 is 10.0 Å². The minimum Gasteiger partial charge on any atom is -0.488 e. The number of hydrogen-bond donors (Lipinski definition) is 1. The maximum absolute atomic E-state index is 12.2. The molecule has 1 aliphatic rings. The van der Waals surface area contributed by atoms with E-state index in [1.165, 1.54) is 24.3 Å². The van der Waals surface area contributed by atoms with Gasteiger partial charge >= 0.3 is 0 Å². The number of fused-ring (bicyclic) bond motifs is 1. The first-order valence-corrected chi connectivity index (χ1v) is 8.31. The summed E-state index contributed by atoms with van der Waals surface area (Å²) in [6.45, 7) is 0.205. The van der Waals surface area contributed by atoms with E-state index in [4.69, 9.17) is 10.00 Å². The lowest BCUT2D eigenvalue weighted by molar-refractivity contribution is 0.236. The van der Waals surface area contributed by atoms with Crippen LogP contribution in [0.5, 0.6) is 5.75 Å². The van der Waals surface area contributed by atoms with Crippen LogP contribution in [0, 0.1) is 11.3 Å². The van der Waals surface area contributed by atoms with Gasteiger partial charge in [-0.2, -0.15) is 5.26 Å². The Morgan fingerprint density at radius 2 is 1.91 bits per heavy atom. The minimum absolute atomic E-state index is 0.141. The summed E-state index contributed by atoms with van der Waals surface area (Å²) in [7, 11) is -3.60. The highest BCUT2D eigenvalue weighted by molar-refractivity contribution is 7.89. The fraction of sp³-hybridized carbons (Fsp3) is 0.188. The summed E-state index contributed by atoms with van der Waals surface area (Å²) in [6, 6.07) is 15.4. The Hall–Kier alpha value is -2.36. The maximum atomic E-state index is 12.2. The fourth-order valence-electron chi connectivity index (χ4n) is 2.36. The van der Waals surface area contributed by atoms with Crippen LogP contribution in [-0.4, -0.2) is 21.1 Å². The van der Waals surface area contributed by atoms with E-state index in [1.54, 1.807) is 0 Å². The van der Waals surface area contributed by atoms with Crippen LogP contribution in [0.3, 0.4) is 0 Å². The van der Waals surface area contributed by atoms with Crippen LogP contribution in [0.4, 0.5) is 0 Å². The molecule has 1 N–H and O–H groups in total. The molecular formula is C16H14N2O3S. The third kappa shape index (κ3) is 2.96. The van der Waals surface area contributed by atoms with Crippen LogP contribution in [0.15, 0.2) is 53.4 Å². The summed E-state index contributed by atoms with van der Waals surface area (Å²) in [6.07, 6.45) is 0.483. The molecule has 0 saturated heterocycles. The van der Waals surface area contributed by atoms with Crippen molar-refractivity contribution in [2.75, 3.05) is 6.54 Å². The summed E-state index contributed by atoms with van der Waals surface area (Å²) < 4.78 is 32.7. The molecule has 0 aromatic heterocycles. The second-order valence-corrected chi connectivity index (χ2v) is 6.81. The van der Waals surface area contributed by atoms with Gasteiger partial charge in [-0.1, -0.05) is 18.2 Å². The van der Waals surface area contributed by atoms with Gasteiger partial charge in [0.05, 0.1) is 16.5 Å². The smallest absolute Gasteiger partial charge is 0.240 e. The van der Waals surface area contributed by atoms with Gasteiger partial charge in [0.15, 0.2) is 0 Å². The van der Waals surface area contributed by atoms with Gasteiger partial charge in [-0.25, -0.2) is 13.1 Å². The van der Waals surface area contributed by atoms with Crippen molar-refractivity contribution in [2.24, 2.45) is 0 Å². The molecule has 2 aromatic carbocycles. The maximum Gasteiger partial charge on any atom is 0.240 e. The first kappa shape index (κ1) is 14.6. The largest absolute Gasteiger partial charge is 0.488 e. The molecule has 3 rings (SSSR count). The molecule has 22 heavy (non-hydrogen) atoms. The number of sulfonamides is 1. The van der Waals surface area contributed by atoms with Crippen molar-refractivity contribution in [3.8, 4) is 11.8 Å². The van der Waals surface area contributed by atoms with Crippen LogP contribution in [-0.2, 0) is 16.4 Å².